The Morgan fingerprint density at radius 2 is 1.89 bits per heavy atom. The van der Waals surface area contributed by atoms with Crippen LogP contribution < -0.4 is 0 Å². The molecule has 18 heavy (non-hydrogen) atoms. The van der Waals surface area contributed by atoms with Gasteiger partial charge in [-0.15, -0.1) is 11.6 Å². The largest absolute Gasteiger partial charge is 0.207 e. The molecule has 0 N–H and O–H groups in total. The molecule has 0 saturated heterocycles. The average molecular weight is 273 g/mol. The highest BCUT2D eigenvalue weighted by atomic mass is 35.5. The molecule has 1 atom stereocenters. The van der Waals surface area contributed by atoms with Crippen molar-refractivity contribution in [1.82, 2.24) is 0 Å². The molecule has 0 nitrogen and oxygen atoms in total. The van der Waals surface area contributed by atoms with E-state index in [-0.39, 0.29) is 10.8 Å². The van der Waals surface area contributed by atoms with E-state index in [0.717, 1.165) is 18.9 Å². The Morgan fingerprint density at radius 1 is 1.22 bits per heavy atom. The van der Waals surface area contributed by atoms with Crippen LogP contribution in [0.2, 0.25) is 0 Å². The third-order valence-electron chi connectivity index (χ3n) is 4.17. The van der Waals surface area contributed by atoms with Gasteiger partial charge in [0.1, 0.15) is 11.6 Å². The zero-order valence-corrected chi connectivity index (χ0v) is 11.4. The summed E-state index contributed by atoms with van der Waals surface area (Å²) >= 11 is 6.49. The number of halogens is 3. The fourth-order valence-electron chi connectivity index (χ4n) is 2.80. The van der Waals surface area contributed by atoms with E-state index in [1.807, 2.05) is 0 Å². The van der Waals surface area contributed by atoms with Gasteiger partial charge in [0.2, 0.25) is 0 Å². The van der Waals surface area contributed by atoms with Gasteiger partial charge in [-0.3, -0.25) is 0 Å². The van der Waals surface area contributed by atoms with Crippen molar-refractivity contribution in [3.05, 3.63) is 35.4 Å². The van der Waals surface area contributed by atoms with Crippen LogP contribution in [-0.2, 0) is 6.42 Å². The molecule has 1 aromatic carbocycles. The monoisotopic (exact) mass is 272 g/mol. The van der Waals surface area contributed by atoms with Gasteiger partial charge in [0.05, 0.1) is 0 Å². The van der Waals surface area contributed by atoms with Crippen LogP contribution in [-0.4, -0.2) is 5.38 Å². The van der Waals surface area contributed by atoms with Crippen molar-refractivity contribution in [1.29, 1.82) is 0 Å². The van der Waals surface area contributed by atoms with Gasteiger partial charge in [0.15, 0.2) is 0 Å². The van der Waals surface area contributed by atoms with E-state index in [0.29, 0.717) is 12.0 Å². The van der Waals surface area contributed by atoms with Crippen molar-refractivity contribution in [3.8, 4) is 0 Å². The van der Waals surface area contributed by atoms with Crippen molar-refractivity contribution in [2.75, 3.05) is 0 Å². The van der Waals surface area contributed by atoms with Crippen LogP contribution in [0, 0.1) is 17.0 Å². The summed E-state index contributed by atoms with van der Waals surface area (Å²) < 4.78 is 26.4. The molecule has 3 heteroatoms. The second-order valence-electron chi connectivity index (χ2n) is 5.62. The predicted molar refractivity (Wildman–Crippen MR) is 70.9 cm³/mol. The van der Waals surface area contributed by atoms with Crippen molar-refractivity contribution < 1.29 is 8.78 Å². The van der Waals surface area contributed by atoms with E-state index < -0.39 is 11.6 Å². The number of alkyl halides is 1. The number of benzene rings is 1. The van der Waals surface area contributed by atoms with Gasteiger partial charge in [0, 0.05) is 11.4 Å². The fourth-order valence-corrected chi connectivity index (χ4v) is 3.18. The minimum absolute atomic E-state index is 0.0840. The molecular formula is C15H19ClF2. The normalized spacial score (nSPS) is 20.7. The lowest BCUT2D eigenvalue weighted by Crippen LogP contribution is -2.32. The summed E-state index contributed by atoms with van der Waals surface area (Å²) in [6.07, 6.45) is 6.35. The Kier molecular flexibility index (Phi) is 4.26. The van der Waals surface area contributed by atoms with E-state index in [4.69, 9.17) is 11.6 Å². The lowest BCUT2D eigenvalue weighted by atomic mass is 9.72. The van der Waals surface area contributed by atoms with Gasteiger partial charge in [-0.05, 0) is 36.3 Å². The first kappa shape index (κ1) is 13.8. The smallest absolute Gasteiger partial charge is 0.129 e. The first-order valence-corrected chi connectivity index (χ1v) is 7.03. The minimum Gasteiger partial charge on any atom is -0.207 e. The second kappa shape index (κ2) is 5.56. The molecule has 1 fully saturated rings. The fraction of sp³-hybridized carbons (Fsp3) is 0.600. The summed E-state index contributed by atoms with van der Waals surface area (Å²) in [4.78, 5) is 0. The van der Waals surface area contributed by atoms with Crippen molar-refractivity contribution in [2.45, 2.75) is 50.8 Å². The predicted octanol–water partition coefficient (Wildman–Crippen LogP) is 5.09. The lowest BCUT2D eigenvalue weighted by Gasteiger charge is -2.37. The number of rotatable bonds is 3. The Morgan fingerprint density at radius 3 is 2.50 bits per heavy atom. The first-order chi connectivity index (χ1) is 8.51. The highest BCUT2D eigenvalue weighted by Crippen LogP contribution is 2.42. The molecule has 2 rings (SSSR count). The molecule has 0 bridgehead atoms. The molecule has 0 heterocycles. The zero-order valence-electron chi connectivity index (χ0n) is 10.7. The SMILES string of the molecule is CC1(C(Cl)Cc2ccc(F)cc2F)CCCCC1. The number of hydrogen-bond donors (Lipinski definition) is 0. The van der Waals surface area contributed by atoms with Crippen LogP contribution in [0.1, 0.15) is 44.6 Å². The highest BCUT2D eigenvalue weighted by Gasteiger charge is 2.34. The molecule has 1 aromatic rings. The molecule has 100 valence electrons. The van der Waals surface area contributed by atoms with Gasteiger partial charge < -0.3 is 0 Å². The summed E-state index contributed by atoms with van der Waals surface area (Å²) in [6.45, 7) is 2.19. The van der Waals surface area contributed by atoms with Crippen molar-refractivity contribution in [3.63, 3.8) is 0 Å². The second-order valence-corrected chi connectivity index (χ2v) is 6.15. The van der Waals surface area contributed by atoms with Gasteiger partial charge in [-0.25, -0.2) is 8.78 Å². The molecule has 1 unspecified atom stereocenters. The molecular weight excluding hydrogens is 254 g/mol. The topological polar surface area (TPSA) is 0 Å². The summed E-state index contributed by atoms with van der Waals surface area (Å²) in [6, 6.07) is 3.74. The molecule has 1 aliphatic carbocycles. The maximum atomic E-state index is 13.6. The average Bonchev–Trinajstić information content (AvgIpc) is 2.33. The molecule has 0 radical (unpaired) electrons. The Labute approximate surface area is 112 Å². The van der Waals surface area contributed by atoms with E-state index in [2.05, 4.69) is 6.92 Å². The van der Waals surface area contributed by atoms with Gasteiger partial charge in [0.25, 0.3) is 0 Å². The Balaban J connectivity index is 2.08. The summed E-state index contributed by atoms with van der Waals surface area (Å²) in [5.41, 5.74) is 0.601. The molecule has 0 aromatic heterocycles. The summed E-state index contributed by atoms with van der Waals surface area (Å²) in [7, 11) is 0. The van der Waals surface area contributed by atoms with Crippen LogP contribution in [0.4, 0.5) is 8.78 Å². The van der Waals surface area contributed by atoms with Crippen LogP contribution in [0.3, 0.4) is 0 Å². The Hall–Kier alpha value is -0.630. The van der Waals surface area contributed by atoms with Gasteiger partial charge >= 0.3 is 0 Å². The third-order valence-corrected chi connectivity index (χ3v) is 4.85. The summed E-state index contributed by atoms with van der Waals surface area (Å²) in [5, 5.41) is -0.0854. The molecule has 0 aliphatic heterocycles. The minimum atomic E-state index is -0.536. The molecule has 0 spiro atoms. The summed E-state index contributed by atoms with van der Waals surface area (Å²) in [5.74, 6) is -1.02. The standard InChI is InChI=1S/C15H19ClF2/c1-15(7-3-2-4-8-15)14(16)9-11-5-6-12(17)10-13(11)18/h5-6,10,14H,2-4,7-9H2,1H3. The number of hydrogen-bond acceptors (Lipinski definition) is 0. The first-order valence-electron chi connectivity index (χ1n) is 6.59. The third kappa shape index (κ3) is 3.03. The van der Waals surface area contributed by atoms with Crippen LogP contribution in [0.15, 0.2) is 18.2 Å². The lowest BCUT2D eigenvalue weighted by molar-refractivity contribution is 0.204. The van der Waals surface area contributed by atoms with Crippen LogP contribution in [0.5, 0.6) is 0 Å². The molecule has 1 aliphatic rings. The maximum Gasteiger partial charge on any atom is 0.129 e. The van der Waals surface area contributed by atoms with Gasteiger partial charge in [-0.1, -0.05) is 32.3 Å². The molecule has 0 amide bonds. The Bertz CT molecular complexity index is 411. The van der Waals surface area contributed by atoms with E-state index in [9.17, 15) is 8.78 Å². The van der Waals surface area contributed by atoms with E-state index in [1.54, 1.807) is 0 Å². The zero-order chi connectivity index (χ0) is 13.2. The van der Waals surface area contributed by atoms with Crippen molar-refractivity contribution in [2.24, 2.45) is 5.41 Å². The van der Waals surface area contributed by atoms with Crippen molar-refractivity contribution >= 4 is 11.6 Å². The van der Waals surface area contributed by atoms with Gasteiger partial charge in [-0.2, -0.15) is 0 Å². The maximum absolute atomic E-state index is 13.6. The quantitative estimate of drug-likeness (QED) is 0.673. The molecule has 1 saturated carbocycles. The highest BCUT2D eigenvalue weighted by molar-refractivity contribution is 6.21. The van der Waals surface area contributed by atoms with Crippen LogP contribution in [0.25, 0.3) is 0 Å². The van der Waals surface area contributed by atoms with E-state index in [1.165, 1.54) is 31.4 Å². The van der Waals surface area contributed by atoms with Crippen LogP contribution >= 0.6 is 11.6 Å². The van der Waals surface area contributed by atoms with E-state index >= 15 is 0 Å².